The van der Waals surface area contributed by atoms with Crippen molar-refractivity contribution in [2.24, 2.45) is 5.92 Å². The second kappa shape index (κ2) is 5.60. The Morgan fingerprint density at radius 2 is 2.11 bits per heavy atom. The first-order chi connectivity index (χ1) is 8.87. The normalized spacial score (nSPS) is 23.8. The van der Waals surface area contributed by atoms with Crippen molar-refractivity contribution in [3.8, 4) is 0 Å². The number of nitrogens with one attached hydrogen (secondary N) is 1. The van der Waals surface area contributed by atoms with Gasteiger partial charge in [-0.1, -0.05) is 0 Å². The lowest BCUT2D eigenvalue weighted by molar-refractivity contribution is -0.129. The Kier molecular flexibility index (Phi) is 4.27. The van der Waals surface area contributed by atoms with E-state index >= 15 is 0 Å². The second-order valence-electron chi connectivity index (χ2n) is 4.76. The number of hydrogen-bond donors (Lipinski definition) is 1. The van der Waals surface area contributed by atoms with E-state index in [0.717, 1.165) is 12.8 Å². The second-order valence-corrected chi connectivity index (χ2v) is 5.92. The first-order valence-electron chi connectivity index (χ1n) is 6.14. The van der Waals surface area contributed by atoms with E-state index in [1.54, 1.807) is 4.90 Å². The van der Waals surface area contributed by atoms with Crippen LogP contribution in [0.15, 0.2) is 0 Å². The van der Waals surface area contributed by atoms with E-state index in [1.807, 2.05) is 0 Å². The highest BCUT2D eigenvalue weighted by molar-refractivity contribution is 8.00. The van der Waals surface area contributed by atoms with Crippen molar-refractivity contribution < 1.29 is 22.8 Å². The zero-order valence-corrected chi connectivity index (χ0v) is 11.0. The van der Waals surface area contributed by atoms with Crippen LogP contribution in [-0.4, -0.2) is 47.1 Å². The summed E-state index contributed by atoms with van der Waals surface area (Å²) in [7, 11) is 0. The third-order valence-electron chi connectivity index (χ3n) is 3.18. The first kappa shape index (κ1) is 14.5. The minimum absolute atomic E-state index is 0.0210. The number of thioether (sulfide) groups is 1. The molecule has 1 saturated carbocycles. The summed E-state index contributed by atoms with van der Waals surface area (Å²) in [6, 6.07) is 0.283. The molecule has 0 spiro atoms. The van der Waals surface area contributed by atoms with E-state index in [1.165, 1.54) is 0 Å². The first-order valence-corrected chi connectivity index (χ1v) is 7.13. The smallest absolute Gasteiger partial charge is 0.355 e. The standard InChI is InChI=1S/C11H15F3N2O2S/c12-11(13,14)19-4-3-15-10(18)7-5-9(17)16(6-7)8-1-2-8/h7-8H,1-6H2,(H,15,18). The van der Waals surface area contributed by atoms with E-state index < -0.39 is 11.4 Å². The summed E-state index contributed by atoms with van der Waals surface area (Å²) in [4.78, 5) is 25.1. The number of amides is 2. The Hall–Kier alpha value is -0.920. The fraction of sp³-hybridized carbons (Fsp3) is 0.818. The van der Waals surface area contributed by atoms with E-state index in [9.17, 15) is 22.8 Å². The van der Waals surface area contributed by atoms with Crippen LogP contribution in [0.2, 0.25) is 0 Å². The molecule has 0 aromatic heterocycles. The molecule has 2 rings (SSSR count). The van der Waals surface area contributed by atoms with E-state index in [2.05, 4.69) is 5.32 Å². The number of rotatable bonds is 5. The molecule has 1 aliphatic carbocycles. The molecule has 0 aromatic carbocycles. The lowest BCUT2D eigenvalue weighted by atomic mass is 10.1. The molecule has 1 heterocycles. The molecule has 1 saturated heterocycles. The average Bonchev–Trinajstić information content (AvgIpc) is 3.07. The van der Waals surface area contributed by atoms with Crippen LogP contribution in [0.5, 0.6) is 0 Å². The van der Waals surface area contributed by atoms with Crippen LogP contribution in [0, 0.1) is 5.92 Å². The number of hydrogen-bond acceptors (Lipinski definition) is 3. The highest BCUT2D eigenvalue weighted by Crippen LogP contribution is 2.32. The van der Waals surface area contributed by atoms with E-state index in [-0.39, 0.29) is 48.3 Å². The summed E-state index contributed by atoms with van der Waals surface area (Å²) < 4.78 is 35.6. The van der Waals surface area contributed by atoms with Crippen LogP contribution in [0.1, 0.15) is 19.3 Å². The third-order valence-corrected chi connectivity index (χ3v) is 3.92. The molecule has 0 bridgehead atoms. The highest BCUT2D eigenvalue weighted by atomic mass is 32.2. The molecule has 1 N–H and O–H groups in total. The molecule has 2 fully saturated rings. The number of nitrogens with zero attached hydrogens (tertiary/aromatic N) is 1. The van der Waals surface area contributed by atoms with Gasteiger partial charge >= 0.3 is 5.51 Å². The molecule has 2 aliphatic rings. The van der Waals surface area contributed by atoms with Crippen molar-refractivity contribution in [3.63, 3.8) is 0 Å². The van der Waals surface area contributed by atoms with Crippen LogP contribution in [0.25, 0.3) is 0 Å². The number of halogens is 3. The molecular formula is C11H15F3N2O2S. The van der Waals surface area contributed by atoms with Crippen molar-refractivity contribution in [3.05, 3.63) is 0 Å². The minimum atomic E-state index is -4.27. The molecule has 1 atom stereocenters. The van der Waals surface area contributed by atoms with Gasteiger partial charge in [-0.2, -0.15) is 13.2 Å². The van der Waals surface area contributed by atoms with Gasteiger partial charge in [0.2, 0.25) is 11.8 Å². The Morgan fingerprint density at radius 1 is 1.42 bits per heavy atom. The SMILES string of the molecule is O=C(NCCSC(F)(F)F)C1CC(=O)N(C2CC2)C1. The summed E-state index contributed by atoms with van der Waals surface area (Å²) in [5, 5.41) is 2.46. The van der Waals surface area contributed by atoms with Gasteiger partial charge in [0.15, 0.2) is 0 Å². The van der Waals surface area contributed by atoms with Gasteiger partial charge < -0.3 is 10.2 Å². The molecule has 4 nitrogen and oxygen atoms in total. The van der Waals surface area contributed by atoms with Gasteiger partial charge in [0.25, 0.3) is 0 Å². The highest BCUT2D eigenvalue weighted by Gasteiger charge is 2.41. The topological polar surface area (TPSA) is 49.4 Å². The van der Waals surface area contributed by atoms with Crippen molar-refractivity contribution in [2.75, 3.05) is 18.8 Å². The molecule has 1 aliphatic heterocycles. The van der Waals surface area contributed by atoms with Crippen LogP contribution in [0.3, 0.4) is 0 Å². The molecule has 0 radical (unpaired) electrons. The van der Waals surface area contributed by atoms with Crippen LogP contribution in [0.4, 0.5) is 13.2 Å². The maximum atomic E-state index is 11.9. The summed E-state index contributed by atoms with van der Waals surface area (Å²) >= 11 is -0.158. The third kappa shape index (κ3) is 4.29. The van der Waals surface area contributed by atoms with Crippen LogP contribution >= 0.6 is 11.8 Å². The van der Waals surface area contributed by atoms with Crippen LogP contribution < -0.4 is 5.32 Å². The number of carbonyl (C=O) groups excluding carboxylic acids is 2. The van der Waals surface area contributed by atoms with Gasteiger partial charge in [0.1, 0.15) is 0 Å². The fourth-order valence-corrected chi connectivity index (χ4v) is 2.57. The number of carbonyl (C=O) groups is 2. The zero-order valence-electron chi connectivity index (χ0n) is 10.2. The Balaban J connectivity index is 1.68. The van der Waals surface area contributed by atoms with Crippen LogP contribution in [-0.2, 0) is 9.59 Å². The quantitative estimate of drug-likeness (QED) is 0.780. The van der Waals surface area contributed by atoms with Crippen molar-refractivity contribution in [2.45, 2.75) is 30.8 Å². The molecule has 0 aromatic rings. The predicted molar refractivity (Wildman–Crippen MR) is 64.4 cm³/mol. The monoisotopic (exact) mass is 296 g/mol. The van der Waals surface area contributed by atoms with Gasteiger partial charge in [0.05, 0.1) is 5.92 Å². The van der Waals surface area contributed by atoms with Crippen molar-refractivity contribution in [1.82, 2.24) is 10.2 Å². The predicted octanol–water partition coefficient (Wildman–Crippen LogP) is 1.37. The lowest BCUT2D eigenvalue weighted by Crippen LogP contribution is -2.34. The summed E-state index contributed by atoms with van der Waals surface area (Å²) in [6.45, 7) is 0.374. The zero-order chi connectivity index (χ0) is 14.0. The average molecular weight is 296 g/mol. The van der Waals surface area contributed by atoms with Crippen molar-refractivity contribution >= 4 is 23.6 Å². The summed E-state index contributed by atoms with van der Waals surface area (Å²) in [5.41, 5.74) is -4.27. The van der Waals surface area contributed by atoms with Gasteiger partial charge in [-0.05, 0) is 24.6 Å². The van der Waals surface area contributed by atoms with Gasteiger partial charge in [-0.25, -0.2) is 0 Å². The minimum Gasteiger partial charge on any atom is -0.355 e. The number of alkyl halides is 3. The summed E-state index contributed by atoms with van der Waals surface area (Å²) in [6.07, 6.45) is 2.15. The maximum Gasteiger partial charge on any atom is 0.441 e. The Labute approximate surface area is 113 Å². The largest absolute Gasteiger partial charge is 0.441 e. The van der Waals surface area contributed by atoms with Gasteiger partial charge in [-0.15, -0.1) is 0 Å². The molecular weight excluding hydrogens is 281 g/mol. The fourth-order valence-electron chi connectivity index (χ4n) is 2.13. The van der Waals surface area contributed by atoms with E-state index in [4.69, 9.17) is 0 Å². The molecule has 8 heteroatoms. The van der Waals surface area contributed by atoms with Gasteiger partial charge in [0, 0.05) is 31.3 Å². The van der Waals surface area contributed by atoms with Crippen molar-refractivity contribution in [1.29, 1.82) is 0 Å². The Morgan fingerprint density at radius 3 is 2.68 bits per heavy atom. The van der Waals surface area contributed by atoms with Gasteiger partial charge in [-0.3, -0.25) is 9.59 Å². The lowest BCUT2D eigenvalue weighted by Gasteiger charge is -2.15. The number of likely N-dealkylation sites (tertiary alicyclic amines) is 1. The Bertz CT molecular complexity index is 371. The maximum absolute atomic E-state index is 11.9. The molecule has 1 unspecified atom stereocenters. The molecule has 108 valence electrons. The van der Waals surface area contributed by atoms with E-state index in [0.29, 0.717) is 6.54 Å². The summed E-state index contributed by atoms with van der Waals surface area (Å²) in [5.74, 6) is -0.960. The molecule has 19 heavy (non-hydrogen) atoms. The molecule has 2 amide bonds.